The number of methoxy groups -OCH3 is 1. The summed E-state index contributed by atoms with van der Waals surface area (Å²) in [7, 11) is 0.106. The van der Waals surface area contributed by atoms with Crippen LogP contribution in [0.4, 0.5) is 0 Å². The van der Waals surface area contributed by atoms with E-state index in [-0.39, 0.29) is 0 Å². The Hall–Kier alpha value is -1.44. The zero-order valence-electron chi connectivity index (χ0n) is 17.3. The molecule has 0 aliphatic rings. The molecule has 0 amide bonds. The van der Waals surface area contributed by atoms with E-state index in [0.29, 0.717) is 38.9 Å². The normalized spacial score (nSPS) is 13.8. The summed E-state index contributed by atoms with van der Waals surface area (Å²) in [4.78, 5) is 0. The van der Waals surface area contributed by atoms with Crippen LogP contribution in [0.5, 0.6) is 5.75 Å². The first-order valence-electron chi connectivity index (χ1n) is 9.69. The monoisotopic (exact) mass is 414 g/mol. The van der Waals surface area contributed by atoms with Gasteiger partial charge in [0.05, 0.1) is 39.1 Å². The molecule has 1 atom stereocenters. The minimum absolute atomic E-state index is 0.333. The van der Waals surface area contributed by atoms with Crippen LogP contribution < -0.4 is 15.0 Å². The zero-order valence-corrected chi connectivity index (χ0v) is 18.2. The van der Waals surface area contributed by atoms with Gasteiger partial charge in [-0.15, -0.1) is 0 Å². The predicted molar refractivity (Wildman–Crippen MR) is 109 cm³/mol. The van der Waals surface area contributed by atoms with E-state index in [1.54, 1.807) is 14.0 Å². The van der Waals surface area contributed by atoms with Gasteiger partial charge in [0.2, 0.25) is 0 Å². The molecule has 0 fully saturated rings. The van der Waals surface area contributed by atoms with Gasteiger partial charge < -0.3 is 24.3 Å². The van der Waals surface area contributed by atoms with Crippen molar-refractivity contribution in [2.24, 2.45) is 5.73 Å². The van der Waals surface area contributed by atoms with Crippen molar-refractivity contribution in [1.82, 2.24) is 4.57 Å². The zero-order chi connectivity index (χ0) is 20.6. The van der Waals surface area contributed by atoms with E-state index in [4.69, 9.17) is 24.3 Å². The first kappa shape index (κ1) is 22.8. The van der Waals surface area contributed by atoms with Gasteiger partial charge in [-0.1, -0.05) is 0 Å². The highest BCUT2D eigenvalue weighted by atomic mass is 31.2. The van der Waals surface area contributed by atoms with Crippen molar-refractivity contribution in [2.45, 2.75) is 39.9 Å². The van der Waals surface area contributed by atoms with Gasteiger partial charge >= 0.3 is 7.60 Å². The lowest BCUT2D eigenvalue weighted by atomic mass is 10.3. The molecular weight excluding hydrogens is 381 g/mol. The molecule has 1 heterocycles. The molecule has 28 heavy (non-hydrogen) atoms. The Morgan fingerprint density at radius 2 is 2.00 bits per heavy atom. The number of fused-ring (bicyclic) bond motifs is 1. The summed E-state index contributed by atoms with van der Waals surface area (Å²) in [5, 5.41) is 0. The maximum Gasteiger partial charge on any atom is 0.330 e. The summed E-state index contributed by atoms with van der Waals surface area (Å²) < 4.78 is 38.1. The summed E-state index contributed by atoms with van der Waals surface area (Å²) in [5.74, 6) is 1.83. The van der Waals surface area contributed by atoms with Crippen molar-refractivity contribution in [1.29, 1.82) is 0 Å². The van der Waals surface area contributed by atoms with Crippen molar-refractivity contribution in [2.75, 3.05) is 40.2 Å². The molecule has 0 saturated carbocycles. The van der Waals surface area contributed by atoms with E-state index in [9.17, 15) is 4.57 Å². The fraction of sp³-hybridized carbons (Fsp3) is 0.632. The largest absolute Gasteiger partial charge is 0.493 e. The minimum Gasteiger partial charge on any atom is -0.493 e. The Bertz CT molecular complexity index is 808. The van der Waals surface area contributed by atoms with Crippen molar-refractivity contribution in [3.8, 4) is 5.75 Å². The third-order valence-corrected chi connectivity index (χ3v) is 6.69. The van der Waals surface area contributed by atoms with Gasteiger partial charge in [-0.05, 0) is 32.4 Å². The Morgan fingerprint density at radius 3 is 2.61 bits per heavy atom. The molecule has 2 rings (SSSR count). The van der Waals surface area contributed by atoms with Crippen LogP contribution in [0.25, 0.3) is 11.0 Å². The fourth-order valence-electron chi connectivity index (χ4n) is 3.32. The number of nitrogens with zero attached hydrogens (tertiary/aromatic N) is 2. The Morgan fingerprint density at radius 1 is 1.21 bits per heavy atom. The first-order chi connectivity index (χ1) is 13.5. The molecule has 0 aliphatic heterocycles. The molecule has 1 unspecified atom stereocenters. The van der Waals surface area contributed by atoms with Gasteiger partial charge in [0.25, 0.3) is 5.82 Å². The number of ether oxygens (including phenoxy) is 2. The lowest BCUT2D eigenvalue weighted by Crippen LogP contribution is -2.41. The molecule has 1 aromatic carbocycles. The molecule has 0 bridgehead atoms. The average Bonchev–Trinajstić information content (AvgIpc) is 3.01. The van der Waals surface area contributed by atoms with E-state index < -0.39 is 7.60 Å². The molecular formula is C19H33N3O5P+. The fourth-order valence-corrected chi connectivity index (χ4v) is 4.65. The molecule has 158 valence electrons. The molecule has 0 aliphatic carbocycles. The lowest BCUT2D eigenvalue weighted by molar-refractivity contribution is -0.681. The van der Waals surface area contributed by atoms with Crippen LogP contribution in [0, 0.1) is 0 Å². The number of nitrogens with two attached hydrogens (primary N) is 1. The van der Waals surface area contributed by atoms with Crippen LogP contribution in [0.3, 0.4) is 0 Å². The first-order valence-corrected chi connectivity index (χ1v) is 11.4. The van der Waals surface area contributed by atoms with Crippen molar-refractivity contribution < 1.29 is 27.7 Å². The predicted octanol–water partition coefficient (Wildman–Crippen LogP) is 2.70. The smallest absolute Gasteiger partial charge is 0.330 e. The minimum atomic E-state index is -3.00. The highest BCUT2D eigenvalue weighted by Crippen LogP contribution is 2.47. The third kappa shape index (κ3) is 5.33. The van der Waals surface area contributed by atoms with E-state index in [1.165, 1.54) is 7.11 Å². The standard InChI is InChI=1S/C19H33N3O5P/c1-5-21-18-14-16(26-11-7-13-28(23,25-4)27-6-2)8-9-17(18)22(10-12-24-3)19(21)15-20/h8-9,14H,5-7,10-13,15,20H2,1-4H3/q+1. The molecule has 2 N–H and O–H groups in total. The Balaban J connectivity index is 2.14. The van der Waals surface area contributed by atoms with Crippen molar-refractivity contribution in [3.63, 3.8) is 0 Å². The summed E-state index contributed by atoms with van der Waals surface area (Å²) in [6, 6.07) is 6.02. The van der Waals surface area contributed by atoms with Crippen LogP contribution >= 0.6 is 7.60 Å². The summed E-state index contributed by atoms with van der Waals surface area (Å²) in [6.45, 7) is 7.34. The number of aromatic nitrogens is 2. The van der Waals surface area contributed by atoms with Crippen molar-refractivity contribution in [3.05, 3.63) is 24.0 Å². The maximum absolute atomic E-state index is 12.3. The number of benzene rings is 1. The van der Waals surface area contributed by atoms with Crippen LogP contribution in [0.15, 0.2) is 18.2 Å². The molecule has 0 spiro atoms. The van der Waals surface area contributed by atoms with E-state index in [0.717, 1.165) is 35.7 Å². The van der Waals surface area contributed by atoms with Gasteiger partial charge in [0, 0.05) is 20.3 Å². The SMILES string of the molecule is CCOP(=O)(CCCOc1ccc2c(c1)n(CC)c(CN)[n+]2CCOC)OC. The summed E-state index contributed by atoms with van der Waals surface area (Å²) in [6.07, 6.45) is 0.916. The van der Waals surface area contributed by atoms with Crippen LogP contribution in [-0.2, 0) is 38.0 Å². The second-order valence-electron chi connectivity index (χ2n) is 6.30. The number of aryl methyl sites for hydroxylation is 1. The second-order valence-corrected chi connectivity index (χ2v) is 8.59. The van der Waals surface area contributed by atoms with E-state index in [2.05, 4.69) is 16.1 Å². The van der Waals surface area contributed by atoms with Crippen LogP contribution in [0.1, 0.15) is 26.1 Å². The average molecular weight is 414 g/mol. The highest BCUT2D eigenvalue weighted by Gasteiger charge is 2.24. The molecule has 9 heteroatoms. The van der Waals surface area contributed by atoms with Gasteiger partial charge in [0.15, 0.2) is 11.0 Å². The van der Waals surface area contributed by atoms with Crippen LogP contribution in [-0.4, -0.2) is 44.8 Å². The second kappa shape index (κ2) is 10.9. The van der Waals surface area contributed by atoms with Gasteiger partial charge in [-0.2, -0.15) is 0 Å². The Kier molecular flexibility index (Phi) is 8.92. The molecule has 8 nitrogen and oxygen atoms in total. The van der Waals surface area contributed by atoms with Gasteiger partial charge in [-0.3, -0.25) is 4.57 Å². The molecule has 2 aromatic rings. The van der Waals surface area contributed by atoms with E-state index in [1.807, 2.05) is 18.2 Å². The van der Waals surface area contributed by atoms with Crippen LogP contribution in [0.2, 0.25) is 0 Å². The van der Waals surface area contributed by atoms with Crippen molar-refractivity contribution >= 4 is 18.6 Å². The number of hydrogen-bond acceptors (Lipinski definition) is 6. The lowest BCUT2D eigenvalue weighted by Gasteiger charge is -2.15. The topological polar surface area (TPSA) is 88.8 Å². The van der Waals surface area contributed by atoms with Gasteiger partial charge in [-0.25, -0.2) is 9.13 Å². The number of imidazole rings is 1. The molecule has 0 radical (unpaired) electrons. The molecule has 0 saturated heterocycles. The number of rotatable bonds is 13. The quantitative estimate of drug-likeness (QED) is 0.308. The molecule has 1 aromatic heterocycles. The van der Waals surface area contributed by atoms with Gasteiger partial charge in [0.1, 0.15) is 12.3 Å². The highest BCUT2D eigenvalue weighted by molar-refractivity contribution is 7.53. The summed E-state index contributed by atoms with van der Waals surface area (Å²) in [5.41, 5.74) is 8.19. The number of hydrogen-bond donors (Lipinski definition) is 1. The van der Waals surface area contributed by atoms with E-state index >= 15 is 0 Å². The maximum atomic E-state index is 12.3. The summed E-state index contributed by atoms with van der Waals surface area (Å²) >= 11 is 0. The third-order valence-electron chi connectivity index (χ3n) is 4.62. The Labute approximate surface area is 167 Å².